The fourth-order valence-corrected chi connectivity index (χ4v) is 4.37. The molecule has 0 aromatic carbocycles. The van der Waals surface area contributed by atoms with Crippen LogP contribution in [0.15, 0.2) is 0 Å². The van der Waals surface area contributed by atoms with E-state index in [0.717, 1.165) is 13.8 Å². The van der Waals surface area contributed by atoms with E-state index in [-0.39, 0.29) is 25.8 Å². The van der Waals surface area contributed by atoms with Crippen molar-refractivity contribution in [3.8, 4) is 0 Å². The summed E-state index contributed by atoms with van der Waals surface area (Å²) in [5.74, 6) is -28.1. The van der Waals surface area contributed by atoms with Crippen LogP contribution >= 0.6 is 0 Å². The molecule has 1 fully saturated rings. The van der Waals surface area contributed by atoms with Crippen LogP contribution in [0, 0.1) is 11.8 Å². The number of hydrogen-bond donors (Lipinski definition) is 2. The average molecular weight is 630 g/mol. The first kappa shape index (κ1) is 37.4. The molecule has 0 aliphatic carbocycles. The number of alkyl carbamates (subject to hydrolysis) is 1. The Morgan fingerprint density at radius 1 is 0.810 bits per heavy atom. The Balaban J connectivity index is 3.34. The molecule has 0 saturated carbocycles. The summed E-state index contributed by atoms with van der Waals surface area (Å²) in [4.78, 5) is 51.6. The second-order valence-electron chi connectivity index (χ2n) is 11.7. The number of halogens is 9. The summed E-state index contributed by atoms with van der Waals surface area (Å²) in [6, 6.07) is -5.38. The number of carbonyl (C=O) groups is 4. The van der Waals surface area contributed by atoms with Crippen LogP contribution in [-0.2, 0) is 19.1 Å². The minimum Gasteiger partial charge on any atom is -0.444 e. The molecule has 0 spiro atoms. The van der Waals surface area contributed by atoms with E-state index in [1.165, 1.54) is 13.8 Å². The third kappa shape index (κ3) is 8.07. The van der Waals surface area contributed by atoms with Crippen molar-refractivity contribution in [2.45, 2.75) is 115 Å². The highest BCUT2D eigenvalue weighted by Crippen LogP contribution is 2.54. The first-order chi connectivity index (χ1) is 18.7. The van der Waals surface area contributed by atoms with E-state index >= 15 is 0 Å². The van der Waals surface area contributed by atoms with Crippen molar-refractivity contribution in [1.29, 1.82) is 0 Å². The van der Waals surface area contributed by atoms with Crippen molar-refractivity contribution in [2.24, 2.45) is 11.8 Å². The average Bonchev–Trinajstić information content (AvgIpc) is 2.80. The predicted molar refractivity (Wildman–Crippen MR) is 130 cm³/mol. The van der Waals surface area contributed by atoms with Gasteiger partial charge in [0, 0.05) is 0 Å². The minimum absolute atomic E-state index is 0.115. The van der Waals surface area contributed by atoms with Crippen LogP contribution in [-0.4, -0.2) is 82.8 Å². The van der Waals surface area contributed by atoms with Gasteiger partial charge in [-0.25, -0.2) is 4.79 Å². The van der Waals surface area contributed by atoms with E-state index in [1.807, 2.05) is 5.32 Å². The van der Waals surface area contributed by atoms with E-state index in [1.54, 1.807) is 20.8 Å². The maximum absolute atomic E-state index is 14.6. The highest BCUT2D eigenvalue weighted by Gasteiger charge is 2.84. The second kappa shape index (κ2) is 13.0. The van der Waals surface area contributed by atoms with E-state index in [2.05, 4.69) is 5.32 Å². The van der Waals surface area contributed by atoms with E-state index in [4.69, 9.17) is 4.74 Å². The largest absolute Gasteiger partial charge is 0.460 e. The number of Topliss-reactive ketones (excluding diaryl/α,β-unsaturated/α-hetero) is 1. The number of nitrogens with zero attached hydrogens (tertiary/aromatic N) is 1. The van der Waals surface area contributed by atoms with Crippen LogP contribution in [0.1, 0.15) is 67.7 Å². The molecular weight excluding hydrogens is 593 g/mol. The molecule has 2 N–H and O–H groups in total. The van der Waals surface area contributed by atoms with Gasteiger partial charge in [0.2, 0.25) is 17.6 Å². The first-order valence-electron chi connectivity index (χ1n) is 13.0. The molecule has 8 nitrogen and oxygen atoms in total. The number of imide groups is 1. The Labute approximate surface area is 237 Å². The number of carbonyl (C=O) groups excluding carboxylic acids is 4. The molecule has 42 heavy (non-hydrogen) atoms. The van der Waals surface area contributed by atoms with E-state index < -0.39 is 83.2 Å². The molecule has 1 heterocycles. The van der Waals surface area contributed by atoms with Crippen LogP contribution in [0.4, 0.5) is 44.3 Å². The summed E-state index contributed by atoms with van der Waals surface area (Å²) in [6.07, 6.45) is -7.98. The maximum atomic E-state index is 14.6. The summed E-state index contributed by atoms with van der Waals surface area (Å²) in [6.45, 7) is 9.37. The molecule has 244 valence electrons. The topological polar surface area (TPSA) is 105 Å². The molecule has 0 radical (unpaired) electrons. The van der Waals surface area contributed by atoms with Gasteiger partial charge in [0.15, 0.2) is 0 Å². The van der Waals surface area contributed by atoms with Crippen molar-refractivity contribution in [3.63, 3.8) is 0 Å². The van der Waals surface area contributed by atoms with Gasteiger partial charge in [0.1, 0.15) is 11.6 Å². The van der Waals surface area contributed by atoms with E-state index in [0.29, 0.717) is 4.90 Å². The van der Waals surface area contributed by atoms with Gasteiger partial charge in [-0.1, -0.05) is 34.1 Å². The van der Waals surface area contributed by atoms with E-state index in [9.17, 15) is 58.7 Å². The molecule has 0 bridgehead atoms. The summed E-state index contributed by atoms with van der Waals surface area (Å²) < 4.78 is 127. The number of rotatable bonds is 10. The Morgan fingerprint density at radius 3 is 1.76 bits per heavy atom. The normalized spacial score (nSPS) is 19.3. The molecule has 17 heteroatoms. The maximum Gasteiger partial charge on any atom is 0.460 e. The molecule has 1 aliphatic heterocycles. The van der Waals surface area contributed by atoms with Crippen LogP contribution < -0.4 is 10.6 Å². The molecule has 1 saturated heterocycles. The fraction of sp³-hybridized carbons (Fsp3) is 0.840. The quantitative estimate of drug-likeness (QED) is 0.326. The standard InChI is InChI=1S/C25H36F9N3O5/c1-12(2)15(35-20(41)42-21(5,6)7)19(40)36-18(39)14-10-8-9-11-37(14)16(13(3)4)17(38)22(26,27)23(28,29)24(30,31)25(32,33)34/h12-16H,8-11H2,1-7H3,(H,35,41)(H,36,39,40)/t14?,15-,16?/m0/s1. The number of nitrogens with one attached hydrogen (secondary N) is 2. The lowest BCUT2D eigenvalue weighted by Crippen LogP contribution is -2.68. The van der Waals surface area contributed by atoms with Crippen LogP contribution in [0.3, 0.4) is 0 Å². The molecule has 0 aromatic rings. The number of alkyl halides is 9. The zero-order valence-corrected chi connectivity index (χ0v) is 24.1. The van der Waals surface area contributed by atoms with Gasteiger partial charge in [-0.2, -0.15) is 39.5 Å². The number of ether oxygens (including phenoxy) is 1. The van der Waals surface area contributed by atoms with Crippen LogP contribution in [0.5, 0.6) is 0 Å². The third-order valence-electron chi connectivity index (χ3n) is 6.43. The molecule has 1 aliphatic rings. The van der Waals surface area contributed by atoms with Crippen LogP contribution in [0.2, 0.25) is 0 Å². The highest BCUT2D eigenvalue weighted by atomic mass is 19.4. The summed E-state index contributed by atoms with van der Waals surface area (Å²) in [7, 11) is 0. The van der Waals surface area contributed by atoms with Crippen molar-refractivity contribution < 1.29 is 63.4 Å². The van der Waals surface area contributed by atoms with Crippen molar-refractivity contribution >= 4 is 23.7 Å². The Hall–Kier alpha value is -2.59. The van der Waals surface area contributed by atoms with Gasteiger partial charge in [-0.3, -0.25) is 24.6 Å². The SMILES string of the molecule is CC(C)C(C(=O)C(F)(F)C(F)(F)C(F)(F)C(F)(F)F)N1CCCCC1C(=O)NC(=O)[C@@H](NC(=O)OC(C)(C)C)C(C)C. The summed E-state index contributed by atoms with van der Waals surface area (Å²) in [5, 5.41) is 4.25. The predicted octanol–water partition coefficient (Wildman–Crippen LogP) is 5.09. The molecule has 3 atom stereocenters. The monoisotopic (exact) mass is 629 g/mol. The molecule has 3 amide bonds. The third-order valence-corrected chi connectivity index (χ3v) is 6.43. The Kier molecular flexibility index (Phi) is 11.5. The number of likely N-dealkylation sites (tertiary alicyclic amines) is 1. The zero-order valence-electron chi connectivity index (χ0n) is 24.1. The molecular formula is C25H36F9N3O5. The fourth-order valence-electron chi connectivity index (χ4n) is 4.37. The van der Waals surface area contributed by atoms with Crippen molar-refractivity contribution in [1.82, 2.24) is 15.5 Å². The lowest BCUT2D eigenvalue weighted by Gasteiger charge is -2.43. The van der Waals surface area contributed by atoms with Gasteiger partial charge in [0.25, 0.3) is 0 Å². The lowest BCUT2D eigenvalue weighted by molar-refractivity contribution is -0.388. The van der Waals surface area contributed by atoms with Crippen molar-refractivity contribution in [3.05, 3.63) is 0 Å². The van der Waals surface area contributed by atoms with Crippen molar-refractivity contribution in [2.75, 3.05) is 6.54 Å². The number of piperidine rings is 1. The summed E-state index contributed by atoms with van der Waals surface area (Å²) in [5.41, 5.74) is -0.943. The Morgan fingerprint density at radius 2 is 1.33 bits per heavy atom. The van der Waals surface area contributed by atoms with Gasteiger partial charge in [-0.15, -0.1) is 0 Å². The molecule has 1 rings (SSSR count). The number of hydrogen-bond acceptors (Lipinski definition) is 6. The van der Waals surface area contributed by atoms with Crippen LogP contribution in [0.25, 0.3) is 0 Å². The molecule has 0 aromatic heterocycles. The Bertz CT molecular complexity index is 1010. The highest BCUT2D eigenvalue weighted by molar-refractivity contribution is 6.01. The van der Waals surface area contributed by atoms with Gasteiger partial charge < -0.3 is 10.1 Å². The summed E-state index contributed by atoms with van der Waals surface area (Å²) >= 11 is 0. The van der Waals surface area contributed by atoms with Gasteiger partial charge >= 0.3 is 30.0 Å². The first-order valence-corrected chi connectivity index (χ1v) is 13.0. The minimum atomic E-state index is -7.27. The molecule has 2 unspecified atom stereocenters. The second-order valence-corrected chi connectivity index (χ2v) is 11.7. The van der Waals surface area contributed by atoms with Gasteiger partial charge in [0.05, 0.1) is 12.1 Å². The smallest absolute Gasteiger partial charge is 0.444 e. The number of ketones is 1. The zero-order chi connectivity index (χ0) is 33.2. The van der Waals surface area contributed by atoms with Gasteiger partial charge in [-0.05, 0) is 52.0 Å². The lowest BCUT2D eigenvalue weighted by atomic mass is 9.86. The number of amides is 3.